The van der Waals surface area contributed by atoms with Crippen molar-refractivity contribution in [1.29, 1.82) is 0 Å². The van der Waals surface area contributed by atoms with Gasteiger partial charge in [0.1, 0.15) is 0 Å². The van der Waals surface area contributed by atoms with Crippen molar-refractivity contribution in [3.8, 4) is 0 Å². The molecule has 3 N–H and O–H groups in total. The lowest BCUT2D eigenvalue weighted by Gasteiger charge is -2.22. The van der Waals surface area contributed by atoms with Crippen molar-refractivity contribution in [3.63, 3.8) is 0 Å². The van der Waals surface area contributed by atoms with Gasteiger partial charge in [-0.25, -0.2) is 8.42 Å². The van der Waals surface area contributed by atoms with Gasteiger partial charge in [0.25, 0.3) is 0 Å². The third kappa shape index (κ3) is 2.23. The molecule has 1 aromatic carbocycles. The quantitative estimate of drug-likeness (QED) is 0.793. The lowest BCUT2D eigenvalue weighted by atomic mass is 10.2. The Kier molecular flexibility index (Phi) is 3.61. The van der Waals surface area contributed by atoms with E-state index in [0.717, 1.165) is 12.0 Å². The van der Waals surface area contributed by atoms with Crippen molar-refractivity contribution in [2.75, 3.05) is 18.9 Å². The molecule has 5 nitrogen and oxygen atoms in total. The summed E-state index contributed by atoms with van der Waals surface area (Å²) in [5.41, 5.74) is 7.01. The molecule has 1 unspecified atom stereocenters. The second-order valence-corrected chi connectivity index (χ2v) is 6.50. The molecule has 0 aromatic heterocycles. The highest BCUT2D eigenvalue weighted by molar-refractivity contribution is 7.89. The molecule has 0 amide bonds. The molecule has 100 valence electrons. The normalized spacial score (nSPS) is 21.3. The third-order valence-electron chi connectivity index (χ3n) is 3.38. The fourth-order valence-electron chi connectivity index (χ4n) is 2.25. The van der Waals surface area contributed by atoms with Crippen LogP contribution in [-0.4, -0.2) is 37.0 Å². The highest BCUT2D eigenvalue weighted by Gasteiger charge is 2.34. The second kappa shape index (κ2) is 4.87. The van der Waals surface area contributed by atoms with Crippen LogP contribution in [0.5, 0.6) is 0 Å². The number of hydrogen-bond acceptors (Lipinski definition) is 4. The van der Waals surface area contributed by atoms with Crippen molar-refractivity contribution < 1.29 is 13.5 Å². The van der Waals surface area contributed by atoms with Crippen molar-refractivity contribution >= 4 is 15.7 Å². The predicted molar refractivity (Wildman–Crippen MR) is 69.6 cm³/mol. The monoisotopic (exact) mass is 270 g/mol. The molecule has 18 heavy (non-hydrogen) atoms. The number of hydrogen-bond donors (Lipinski definition) is 2. The Balaban J connectivity index is 2.38. The molecule has 0 saturated carbocycles. The first-order valence-corrected chi connectivity index (χ1v) is 7.39. The number of benzene rings is 1. The zero-order valence-electron chi connectivity index (χ0n) is 10.3. The number of nitrogens with zero attached hydrogens (tertiary/aromatic N) is 1. The molecule has 0 spiro atoms. The number of aryl methyl sites for hydroxylation is 1. The van der Waals surface area contributed by atoms with Crippen molar-refractivity contribution in [2.45, 2.75) is 30.7 Å². The Hall–Kier alpha value is -1.11. The number of aliphatic hydroxyl groups is 1. The van der Waals surface area contributed by atoms with Crippen LogP contribution in [0.4, 0.5) is 5.69 Å². The maximum Gasteiger partial charge on any atom is 0.243 e. The lowest BCUT2D eigenvalue weighted by Crippen LogP contribution is -2.37. The molecule has 1 aliphatic rings. The fourth-order valence-corrected chi connectivity index (χ4v) is 4.02. The minimum atomic E-state index is -3.52. The van der Waals surface area contributed by atoms with Gasteiger partial charge in [0.2, 0.25) is 10.0 Å². The highest BCUT2D eigenvalue weighted by atomic mass is 32.2. The summed E-state index contributed by atoms with van der Waals surface area (Å²) in [6.45, 7) is 2.12. The van der Waals surface area contributed by atoms with Gasteiger partial charge < -0.3 is 10.8 Å². The summed E-state index contributed by atoms with van der Waals surface area (Å²) in [6.07, 6.45) is 1.50. The number of nitrogens with two attached hydrogens (primary N) is 1. The van der Waals surface area contributed by atoms with Crippen LogP contribution in [0.25, 0.3) is 0 Å². The van der Waals surface area contributed by atoms with Gasteiger partial charge in [-0.2, -0.15) is 4.31 Å². The molecule has 0 bridgehead atoms. The minimum absolute atomic E-state index is 0.132. The first kappa shape index (κ1) is 13.3. The average Bonchev–Trinajstić information content (AvgIpc) is 2.81. The van der Waals surface area contributed by atoms with Gasteiger partial charge in [-0.3, -0.25) is 0 Å². The Labute approximate surface area is 107 Å². The van der Waals surface area contributed by atoms with Crippen LogP contribution in [0.1, 0.15) is 18.4 Å². The standard InChI is InChI=1S/C12H18N2O3S/c1-9-7-11(4-5-12(9)13)18(16,17)14-6-2-3-10(14)8-15/h4-5,7,10,15H,2-3,6,8,13H2,1H3. The van der Waals surface area contributed by atoms with E-state index in [-0.39, 0.29) is 17.5 Å². The number of nitrogen functional groups attached to an aromatic ring is 1. The largest absolute Gasteiger partial charge is 0.399 e. The SMILES string of the molecule is Cc1cc(S(=O)(=O)N2CCCC2CO)ccc1N. The smallest absolute Gasteiger partial charge is 0.243 e. The van der Waals surface area contributed by atoms with Crippen molar-refractivity contribution in [1.82, 2.24) is 4.31 Å². The molecular weight excluding hydrogens is 252 g/mol. The van der Waals surface area contributed by atoms with Gasteiger partial charge in [0, 0.05) is 18.3 Å². The Morgan fingerprint density at radius 1 is 1.50 bits per heavy atom. The van der Waals surface area contributed by atoms with Gasteiger partial charge >= 0.3 is 0 Å². The molecule has 2 rings (SSSR count). The van der Waals surface area contributed by atoms with Crippen LogP contribution in [0.3, 0.4) is 0 Å². The van der Waals surface area contributed by atoms with Crippen molar-refractivity contribution in [3.05, 3.63) is 23.8 Å². The first-order chi connectivity index (χ1) is 8.46. The number of rotatable bonds is 3. The summed E-state index contributed by atoms with van der Waals surface area (Å²) >= 11 is 0. The van der Waals surface area contributed by atoms with E-state index in [0.29, 0.717) is 18.7 Å². The molecule has 1 saturated heterocycles. The first-order valence-electron chi connectivity index (χ1n) is 5.95. The van der Waals surface area contributed by atoms with Crippen molar-refractivity contribution in [2.24, 2.45) is 0 Å². The van der Waals surface area contributed by atoms with Crippen LogP contribution in [-0.2, 0) is 10.0 Å². The van der Waals surface area contributed by atoms with E-state index in [4.69, 9.17) is 5.73 Å². The molecule has 1 aliphatic heterocycles. The molecule has 0 radical (unpaired) electrons. The maximum absolute atomic E-state index is 12.4. The van der Waals surface area contributed by atoms with Crippen LogP contribution in [0.2, 0.25) is 0 Å². The summed E-state index contributed by atoms with van der Waals surface area (Å²) < 4.78 is 26.3. The maximum atomic E-state index is 12.4. The van der Waals surface area contributed by atoms with Crippen LogP contribution < -0.4 is 5.73 Å². The zero-order chi connectivity index (χ0) is 13.3. The van der Waals surface area contributed by atoms with E-state index in [1.165, 1.54) is 10.4 Å². The molecule has 1 aromatic rings. The Morgan fingerprint density at radius 3 is 2.83 bits per heavy atom. The number of sulfonamides is 1. The summed E-state index contributed by atoms with van der Waals surface area (Å²) in [5, 5.41) is 9.22. The van der Waals surface area contributed by atoms with Gasteiger partial charge in [0.05, 0.1) is 11.5 Å². The van der Waals surface area contributed by atoms with Gasteiger partial charge in [-0.15, -0.1) is 0 Å². The fraction of sp³-hybridized carbons (Fsp3) is 0.500. The summed E-state index contributed by atoms with van der Waals surface area (Å²) in [5.74, 6) is 0. The summed E-state index contributed by atoms with van der Waals surface area (Å²) in [4.78, 5) is 0.245. The molecular formula is C12H18N2O3S. The van der Waals surface area contributed by atoms with E-state index < -0.39 is 10.0 Å². The van der Waals surface area contributed by atoms with E-state index in [1.807, 2.05) is 0 Å². The lowest BCUT2D eigenvalue weighted by molar-refractivity contribution is 0.213. The van der Waals surface area contributed by atoms with E-state index in [1.54, 1.807) is 19.1 Å². The second-order valence-electron chi connectivity index (χ2n) is 4.61. The number of anilines is 1. The van der Waals surface area contributed by atoms with Crippen LogP contribution >= 0.6 is 0 Å². The topological polar surface area (TPSA) is 83.6 Å². The van der Waals surface area contributed by atoms with Gasteiger partial charge in [-0.1, -0.05) is 0 Å². The van der Waals surface area contributed by atoms with E-state index >= 15 is 0 Å². The summed E-state index contributed by atoms with van der Waals surface area (Å²) in [6, 6.07) is 4.40. The van der Waals surface area contributed by atoms with Crippen LogP contribution in [0.15, 0.2) is 23.1 Å². The van der Waals surface area contributed by atoms with E-state index in [2.05, 4.69) is 0 Å². The van der Waals surface area contributed by atoms with E-state index in [9.17, 15) is 13.5 Å². The summed E-state index contributed by atoms with van der Waals surface area (Å²) in [7, 11) is -3.52. The molecule has 1 fully saturated rings. The average molecular weight is 270 g/mol. The number of aliphatic hydroxyl groups excluding tert-OH is 1. The predicted octanol–water partition coefficient (Wildman–Crippen LogP) is 0.723. The van der Waals surface area contributed by atoms with Gasteiger partial charge in [-0.05, 0) is 43.5 Å². The molecule has 1 heterocycles. The Morgan fingerprint density at radius 2 is 2.22 bits per heavy atom. The highest BCUT2D eigenvalue weighted by Crippen LogP contribution is 2.27. The third-order valence-corrected chi connectivity index (χ3v) is 5.33. The molecule has 1 atom stereocenters. The molecule has 6 heteroatoms. The molecule has 0 aliphatic carbocycles. The zero-order valence-corrected chi connectivity index (χ0v) is 11.2. The van der Waals surface area contributed by atoms with Gasteiger partial charge in [0.15, 0.2) is 0 Å². The Bertz CT molecular complexity index is 542. The minimum Gasteiger partial charge on any atom is -0.399 e. The van der Waals surface area contributed by atoms with Crippen LogP contribution in [0, 0.1) is 6.92 Å².